The number of likely N-dealkylation sites (tertiary alicyclic amines) is 1. The number of nitrogens with zero attached hydrogens (tertiary/aromatic N) is 1. The van der Waals surface area contributed by atoms with E-state index < -0.39 is 0 Å². The first kappa shape index (κ1) is 15.8. The van der Waals surface area contributed by atoms with E-state index in [0.29, 0.717) is 24.4 Å². The fourth-order valence-electron chi connectivity index (χ4n) is 2.90. The van der Waals surface area contributed by atoms with E-state index >= 15 is 0 Å². The number of nitrogens with one attached hydrogen (secondary N) is 2. The normalized spacial score (nSPS) is 24.1. The lowest BCUT2D eigenvalue weighted by molar-refractivity contribution is -0.121. The predicted molar refractivity (Wildman–Crippen MR) is 82.7 cm³/mol. The summed E-state index contributed by atoms with van der Waals surface area (Å²) in [5, 5.41) is 6.66. The van der Waals surface area contributed by atoms with Gasteiger partial charge in [-0.3, -0.25) is 9.69 Å². The van der Waals surface area contributed by atoms with Crippen LogP contribution in [0.5, 0.6) is 0 Å². The molecule has 1 heterocycles. The Morgan fingerprint density at radius 1 is 1.25 bits per heavy atom. The van der Waals surface area contributed by atoms with Crippen molar-refractivity contribution in [2.24, 2.45) is 5.92 Å². The summed E-state index contributed by atoms with van der Waals surface area (Å²) in [7, 11) is 0. The molecule has 0 spiro atoms. The van der Waals surface area contributed by atoms with Crippen LogP contribution in [0, 0.1) is 5.92 Å². The van der Waals surface area contributed by atoms with Crippen LogP contribution in [0.1, 0.15) is 52.4 Å². The number of piperidine rings is 1. The maximum absolute atomic E-state index is 11.8. The monoisotopic (exact) mass is 281 g/mol. The zero-order chi connectivity index (χ0) is 14.4. The highest BCUT2D eigenvalue weighted by molar-refractivity contribution is 5.76. The number of carbonyl (C=O) groups excluding carboxylic acids is 1. The molecule has 0 radical (unpaired) electrons. The number of hydrogen-bond donors (Lipinski definition) is 2. The van der Waals surface area contributed by atoms with Gasteiger partial charge in [-0.15, -0.1) is 0 Å². The quantitative estimate of drug-likeness (QED) is 0.712. The highest BCUT2D eigenvalue weighted by atomic mass is 16.1. The molecule has 4 heteroatoms. The molecule has 0 aromatic carbocycles. The topological polar surface area (TPSA) is 44.4 Å². The summed E-state index contributed by atoms with van der Waals surface area (Å²) >= 11 is 0. The number of rotatable bonds is 8. The molecule has 1 amide bonds. The Morgan fingerprint density at radius 2 is 2.05 bits per heavy atom. The van der Waals surface area contributed by atoms with Crippen LogP contribution in [0.15, 0.2) is 0 Å². The van der Waals surface area contributed by atoms with Gasteiger partial charge in [-0.2, -0.15) is 0 Å². The second-order valence-electron chi connectivity index (χ2n) is 6.83. The van der Waals surface area contributed by atoms with E-state index in [0.717, 1.165) is 26.2 Å². The highest BCUT2D eigenvalue weighted by Crippen LogP contribution is 2.19. The van der Waals surface area contributed by atoms with Gasteiger partial charge in [-0.05, 0) is 44.7 Å². The van der Waals surface area contributed by atoms with Gasteiger partial charge < -0.3 is 10.6 Å². The fraction of sp³-hybridized carbons (Fsp3) is 0.938. The Labute approximate surface area is 123 Å². The van der Waals surface area contributed by atoms with Crippen LogP contribution in [0.25, 0.3) is 0 Å². The van der Waals surface area contributed by atoms with Gasteiger partial charge in [0.2, 0.25) is 5.91 Å². The molecule has 1 saturated heterocycles. The van der Waals surface area contributed by atoms with Gasteiger partial charge in [-0.1, -0.05) is 20.3 Å². The van der Waals surface area contributed by atoms with E-state index in [2.05, 4.69) is 29.4 Å². The van der Waals surface area contributed by atoms with E-state index in [1.165, 1.54) is 32.1 Å². The van der Waals surface area contributed by atoms with Crippen LogP contribution in [-0.2, 0) is 4.79 Å². The Hall–Kier alpha value is -0.610. The molecule has 116 valence electrons. The van der Waals surface area contributed by atoms with Crippen molar-refractivity contribution >= 4 is 5.91 Å². The first-order chi connectivity index (χ1) is 9.65. The molecule has 1 aliphatic carbocycles. The molecule has 1 saturated carbocycles. The summed E-state index contributed by atoms with van der Waals surface area (Å²) in [4.78, 5) is 14.3. The summed E-state index contributed by atoms with van der Waals surface area (Å²) in [6.07, 6.45) is 6.91. The molecular weight excluding hydrogens is 250 g/mol. The van der Waals surface area contributed by atoms with Crippen LogP contribution in [0.3, 0.4) is 0 Å². The first-order valence-electron chi connectivity index (χ1n) is 8.39. The van der Waals surface area contributed by atoms with Gasteiger partial charge in [0.1, 0.15) is 0 Å². The minimum Gasteiger partial charge on any atom is -0.353 e. The zero-order valence-electron chi connectivity index (χ0n) is 13.2. The zero-order valence-corrected chi connectivity index (χ0v) is 13.2. The minimum absolute atomic E-state index is 0.243. The van der Waals surface area contributed by atoms with E-state index in [9.17, 15) is 4.79 Å². The molecular formula is C16H31N3O. The van der Waals surface area contributed by atoms with Gasteiger partial charge in [0, 0.05) is 31.6 Å². The first-order valence-corrected chi connectivity index (χ1v) is 8.39. The van der Waals surface area contributed by atoms with Crippen LogP contribution < -0.4 is 10.6 Å². The predicted octanol–water partition coefficient (Wildman–Crippen LogP) is 1.76. The summed E-state index contributed by atoms with van der Waals surface area (Å²) < 4.78 is 0. The van der Waals surface area contributed by atoms with Crippen LogP contribution in [0.4, 0.5) is 0 Å². The van der Waals surface area contributed by atoms with Crippen LogP contribution in [-0.4, -0.2) is 49.1 Å². The third-order valence-electron chi connectivity index (χ3n) is 4.25. The minimum atomic E-state index is 0.243. The van der Waals surface area contributed by atoms with Crippen LogP contribution >= 0.6 is 0 Å². The van der Waals surface area contributed by atoms with E-state index in [-0.39, 0.29) is 5.91 Å². The summed E-state index contributed by atoms with van der Waals surface area (Å²) in [5.41, 5.74) is 0. The summed E-state index contributed by atoms with van der Waals surface area (Å²) in [5.74, 6) is 0.948. The van der Waals surface area contributed by atoms with Gasteiger partial charge >= 0.3 is 0 Å². The van der Waals surface area contributed by atoms with Crippen molar-refractivity contribution in [3.8, 4) is 0 Å². The fourth-order valence-corrected chi connectivity index (χ4v) is 2.90. The van der Waals surface area contributed by atoms with Crippen LogP contribution in [0.2, 0.25) is 0 Å². The molecule has 4 nitrogen and oxygen atoms in total. The van der Waals surface area contributed by atoms with Crippen molar-refractivity contribution in [3.05, 3.63) is 0 Å². The third-order valence-corrected chi connectivity index (χ3v) is 4.25. The smallest absolute Gasteiger partial charge is 0.221 e. The maximum atomic E-state index is 11.8. The van der Waals surface area contributed by atoms with Crippen molar-refractivity contribution in [1.29, 1.82) is 0 Å². The van der Waals surface area contributed by atoms with Gasteiger partial charge in [0.15, 0.2) is 0 Å². The largest absolute Gasteiger partial charge is 0.353 e. The maximum Gasteiger partial charge on any atom is 0.221 e. The molecule has 0 bridgehead atoms. The molecule has 1 aliphatic heterocycles. The van der Waals surface area contributed by atoms with Gasteiger partial charge in [0.05, 0.1) is 0 Å². The molecule has 20 heavy (non-hydrogen) atoms. The van der Waals surface area contributed by atoms with E-state index in [1.54, 1.807) is 0 Å². The van der Waals surface area contributed by atoms with Gasteiger partial charge in [-0.25, -0.2) is 0 Å². The Morgan fingerprint density at radius 3 is 2.75 bits per heavy atom. The molecule has 2 fully saturated rings. The lowest BCUT2D eigenvalue weighted by Gasteiger charge is -2.36. The lowest BCUT2D eigenvalue weighted by Crippen LogP contribution is -2.47. The number of carbonyl (C=O) groups is 1. The SMILES string of the molecule is CC(C)CNCC1CCCCN1CCC(=O)NC1CC1. The standard InChI is InChI=1S/C16H31N3O/c1-13(2)11-17-12-15-5-3-4-9-19(15)10-8-16(20)18-14-6-7-14/h13-15,17H,3-12H2,1-2H3,(H,18,20). The summed E-state index contributed by atoms with van der Waals surface area (Å²) in [6.45, 7) is 8.73. The lowest BCUT2D eigenvalue weighted by atomic mass is 10.0. The third kappa shape index (κ3) is 5.80. The molecule has 1 unspecified atom stereocenters. The highest BCUT2D eigenvalue weighted by Gasteiger charge is 2.25. The molecule has 1 atom stereocenters. The molecule has 0 aromatic rings. The Bertz CT molecular complexity index is 302. The van der Waals surface area contributed by atoms with E-state index in [1.807, 2.05) is 0 Å². The van der Waals surface area contributed by atoms with E-state index in [4.69, 9.17) is 0 Å². The molecule has 2 rings (SSSR count). The average molecular weight is 281 g/mol. The summed E-state index contributed by atoms with van der Waals surface area (Å²) in [6, 6.07) is 1.11. The Balaban J connectivity index is 1.67. The second kappa shape index (κ2) is 7.99. The average Bonchev–Trinajstić information content (AvgIpc) is 3.21. The van der Waals surface area contributed by atoms with Crippen molar-refractivity contribution in [2.75, 3.05) is 26.2 Å². The van der Waals surface area contributed by atoms with Gasteiger partial charge in [0.25, 0.3) is 0 Å². The van der Waals surface area contributed by atoms with Crippen molar-refractivity contribution in [3.63, 3.8) is 0 Å². The Kier molecular flexibility index (Phi) is 6.30. The number of hydrogen-bond acceptors (Lipinski definition) is 3. The van der Waals surface area contributed by atoms with Crippen molar-refractivity contribution < 1.29 is 4.79 Å². The number of amides is 1. The van der Waals surface area contributed by atoms with Crippen molar-refractivity contribution in [2.45, 2.75) is 64.5 Å². The molecule has 2 aliphatic rings. The second-order valence-corrected chi connectivity index (χ2v) is 6.83. The van der Waals surface area contributed by atoms with Crippen molar-refractivity contribution in [1.82, 2.24) is 15.5 Å². The molecule has 2 N–H and O–H groups in total. The molecule has 0 aromatic heterocycles.